The third-order valence-electron chi connectivity index (χ3n) is 5.79. The number of amides is 1. The molecule has 0 aliphatic rings. The van der Waals surface area contributed by atoms with Gasteiger partial charge in [-0.05, 0) is 54.0 Å². The van der Waals surface area contributed by atoms with Gasteiger partial charge in [0, 0.05) is 24.1 Å². The second-order valence-corrected chi connectivity index (χ2v) is 11.1. The Hall–Kier alpha value is -3.68. The molecule has 4 aromatic carbocycles. The molecule has 0 unspecified atom stereocenters. The number of rotatable bonds is 6. The van der Waals surface area contributed by atoms with Crippen molar-refractivity contribution in [2.45, 2.75) is 6.92 Å². The van der Waals surface area contributed by atoms with E-state index in [2.05, 4.69) is 36.4 Å². The molecular formula is C29H26NO2P. The van der Waals surface area contributed by atoms with Gasteiger partial charge in [0.25, 0.3) is 5.91 Å². The molecule has 0 saturated heterocycles. The highest BCUT2D eigenvalue weighted by Gasteiger charge is 2.27. The number of hydrogen-bond donors (Lipinski definition) is 0. The number of carbonyl (C=O) groups is 2. The molecule has 0 bridgehead atoms. The number of Topliss-reactive ketones (excluding diaryl/α,β-unsaturated/α-hetero) is 1. The Kier molecular flexibility index (Phi) is 6.72. The van der Waals surface area contributed by atoms with Crippen molar-refractivity contribution < 1.29 is 9.59 Å². The maximum atomic E-state index is 13.7. The largest absolute Gasteiger partial charge is 0.312 e. The van der Waals surface area contributed by atoms with Crippen molar-refractivity contribution in [3.8, 4) is 0 Å². The zero-order chi connectivity index (χ0) is 23.3. The molecule has 0 saturated carbocycles. The molecule has 4 heteroatoms. The quantitative estimate of drug-likeness (QED) is 0.316. The van der Waals surface area contributed by atoms with Gasteiger partial charge in [0.1, 0.15) is 0 Å². The fraction of sp³-hybridized carbons (Fsp3) is 0.0690. The van der Waals surface area contributed by atoms with Crippen molar-refractivity contribution >= 4 is 46.0 Å². The summed E-state index contributed by atoms with van der Waals surface area (Å²) in [7, 11) is 1.78. The average molecular weight is 452 g/mol. The van der Waals surface area contributed by atoms with Crippen LogP contribution < -0.4 is 20.8 Å². The number of benzene rings is 4. The van der Waals surface area contributed by atoms with Gasteiger partial charge in [0.2, 0.25) is 0 Å². The van der Waals surface area contributed by atoms with Gasteiger partial charge in [-0.2, -0.15) is 0 Å². The van der Waals surface area contributed by atoms with Gasteiger partial charge in [-0.3, -0.25) is 9.59 Å². The molecule has 3 nitrogen and oxygen atoms in total. The van der Waals surface area contributed by atoms with Crippen molar-refractivity contribution in [1.82, 2.24) is 0 Å². The van der Waals surface area contributed by atoms with Crippen LogP contribution in [0, 0.1) is 0 Å². The Labute approximate surface area is 195 Å². The fourth-order valence-corrected chi connectivity index (χ4v) is 7.73. The Morgan fingerprint density at radius 2 is 1.03 bits per heavy atom. The van der Waals surface area contributed by atoms with E-state index in [0.29, 0.717) is 5.56 Å². The predicted octanol–water partition coefficient (Wildman–Crippen LogP) is 4.65. The number of anilines is 1. The van der Waals surface area contributed by atoms with E-state index in [-0.39, 0.29) is 11.7 Å². The van der Waals surface area contributed by atoms with Gasteiger partial charge < -0.3 is 4.90 Å². The topological polar surface area (TPSA) is 37.4 Å². The summed E-state index contributed by atoms with van der Waals surface area (Å²) in [6, 6.07) is 38.0. The average Bonchev–Trinajstić information content (AvgIpc) is 2.88. The minimum Gasteiger partial charge on any atom is -0.312 e. The lowest BCUT2D eigenvalue weighted by Crippen LogP contribution is -2.33. The highest BCUT2D eigenvalue weighted by Crippen LogP contribution is 2.43. The van der Waals surface area contributed by atoms with Crippen molar-refractivity contribution in [2.24, 2.45) is 0 Å². The molecule has 0 spiro atoms. The number of hydrogen-bond acceptors (Lipinski definition) is 2. The summed E-state index contributed by atoms with van der Waals surface area (Å²) in [6.45, 7) is -0.841. The number of nitrogens with zero attached hydrogens (tertiary/aromatic N) is 1. The van der Waals surface area contributed by atoms with Crippen LogP contribution in [0.5, 0.6) is 0 Å². The van der Waals surface area contributed by atoms with Crippen LogP contribution in [0.15, 0.2) is 115 Å². The molecule has 0 fully saturated rings. The van der Waals surface area contributed by atoms with E-state index in [0.717, 1.165) is 21.6 Å². The summed E-state index contributed by atoms with van der Waals surface area (Å²) in [5.74, 6) is 1.83. The molecule has 0 N–H and O–H groups in total. The third-order valence-corrected chi connectivity index (χ3v) is 9.73. The second-order valence-electron chi connectivity index (χ2n) is 7.86. The zero-order valence-electron chi connectivity index (χ0n) is 18.8. The molecule has 1 amide bonds. The SMILES string of the molecule is CC(=O)c1ccc(N(C)C(=O)C=P(c2ccccc2)(c2ccccc2)c2ccccc2)cc1. The molecule has 164 valence electrons. The first-order chi connectivity index (χ1) is 16.0. The van der Waals surface area contributed by atoms with Crippen molar-refractivity contribution in [3.63, 3.8) is 0 Å². The van der Waals surface area contributed by atoms with Crippen LogP contribution >= 0.6 is 6.89 Å². The third kappa shape index (κ3) is 4.60. The molecule has 33 heavy (non-hydrogen) atoms. The van der Waals surface area contributed by atoms with Crippen molar-refractivity contribution in [3.05, 3.63) is 121 Å². The molecule has 4 rings (SSSR count). The van der Waals surface area contributed by atoms with Crippen LogP contribution in [0.1, 0.15) is 17.3 Å². The molecule has 0 aromatic heterocycles. The standard InChI is InChI=1S/C29H26NO2P/c1-23(31)24-18-20-25(21-19-24)30(2)29(32)22-33(26-12-6-3-7-13-26,27-14-8-4-9-15-27)28-16-10-5-11-17-28/h3-22H,1-2H3. The van der Waals surface area contributed by atoms with Gasteiger partial charge >= 0.3 is 0 Å². The minimum absolute atomic E-state index is 0.00395. The molecule has 0 aliphatic carbocycles. The van der Waals surface area contributed by atoms with E-state index in [9.17, 15) is 9.59 Å². The normalized spacial score (nSPS) is 11.0. The Morgan fingerprint density at radius 3 is 1.39 bits per heavy atom. The first kappa shape index (κ1) is 22.5. The Morgan fingerprint density at radius 1 is 0.636 bits per heavy atom. The van der Waals surface area contributed by atoms with Crippen LogP contribution in [0.2, 0.25) is 0 Å². The fourth-order valence-electron chi connectivity index (χ4n) is 3.96. The summed E-state index contributed by atoms with van der Waals surface area (Å²) < 4.78 is 0. The summed E-state index contributed by atoms with van der Waals surface area (Å²) in [4.78, 5) is 27.0. The predicted molar refractivity (Wildman–Crippen MR) is 141 cm³/mol. The van der Waals surface area contributed by atoms with Gasteiger partial charge in [0.15, 0.2) is 5.78 Å². The lowest BCUT2D eigenvalue weighted by atomic mass is 10.1. The smallest absolute Gasteiger partial charge is 0.251 e. The van der Waals surface area contributed by atoms with Crippen LogP contribution in [-0.2, 0) is 4.79 Å². The molecule has 0 radical (unpaired) electrons. The van der Waals surface area contributed by atoms with Crippen molar-refractivity contribution in [2.75, 3.05) is 11.9 Å². The monoisotopic (exact) mass is 451 g/mol. The summed E-state index contributed by atoms with van der Waals surface area (Å²) in [5.41, 5.74) is 1.37. The van der Waals surface area contributed by atoms with Gasteiger partial charge in [0.05, 0.1) is 0 Å². The lowest BCUT2D eigenvalue weighted by molar-refractivity contribution is -0.111. The van der Waals surface area contributed by atoms with E-state index in [1.165, 1.54) is 6.92 Å². The minimum atomic E-state index is -2.38. The summed E-state index contributed by atoms with van der Waals surface area (Å²) in [6.07, 6.45) is 0. The highest BCUT2D eigenvalue weighted by molar-refractivity contribution is 7.95. The molecule has 4 aromatic rings. The molecule has 0 atom stereocenters. The Balaban J connectivity index is 1.92. The van der Waals surface area contributed by atoms with Gasteiger partial charge in [-0.25, -0.2) is 0 Å². The summed E-state index contributed by atoms with van der Waals surface area (Å²) >= 11 is 0. The summed E-state index contributed by atoms with van der Waals surface area (Å²) in [5, 5.41) is 3.36. The first-order valence-electron chi connectivity index (χ1n) is 10.8. The number of carbonyl (C=O) groups excluding carboxylic acids is 2. The molecule has 0 heterocycles. The maximum Gasteiger partial charge on any atom is 0.251 e. The molecular weight excluding hydrogens is 425 g/mol. The van der Waals surface area contributed by atoms with Gasteiger partial charge in [-0.15, -0.1) is 0 Å². The highest BCUT2D eigenvalue weighted by atomic mass is 31.2. The van der Waals surface area contributed by atoms with E-state index in [1.54, 1.807) is 24.1 Å². The Bertz CT molecular complexity index is 1190. The maximum absolute atomic E-state index is 13.7. The zero-order valence-corrected chi connectivity index (χ0v) is 19.7. The van der Waals surface area contributed by atoms with Crippen LogP contribution in [0.25, 0.3) is 0 Å². The van der Waals surface area contributed by atoms with E-state index < -0.39 is 6.89 Å². The van der Waals surface area contributed by atoms with Crippen LogP contribution in [0.3, 0.4) is 0 Å². The van der Waals surface area contributed by atoms with Crippen LogP contribution in [0.4, 0.5) is 5.69 Å². The molecule has 0 aliphatic heterocycles. The van der Waals surface area contributed by atoms with Crippen molar-refractivity contribution in [1.29, 1.82) is 0 Å². The second kappa shape index (κ2) is 9.85. The van der Waals surface area contributed by atoms with E-state index in [1.807, 2.05) is 72.5 Å². The van der Waals surface area contributed by atoms with Crippen LogP contribution in [-0.4, -0.2) is 24.5 Å². The first-order valence-corrected chi connectivity index (χ1v) is 12.7. The van der Waals surface area contributed by atoms with Gasteiger partial charge in [-0.1, -0.05) is 91.0 Å². The van der Waals surface area contributed by atoms with E-state index >= 15 is 0 Å². The lowest BCUT2D eigenvalue weighted by Gasteiger charge is -2.29. The van der Waals surface area contributed by atoms with E-state index in [4.69, 9.17) is 0 Å². The number of ketones is 1.